The Kier molecular flexibility index (Phi) is 6.07. The molecule has 0 aromatic carbocycles. The summed E-state index contributed by atoms with van der Waals surface area (Å²) < 4.78 is 1.53. The largest absolute Gasteiger partial charge is 0.366 e. The molecule has 1 fully saturated rings. The van der Waals surface area contributed by atoms with Crippen LogP contribution in [0.3, 0.4) is 0 Å². The Balaban J connectivity index is 1.48. The van der Waals surface area contributed by atoms with Crippen molar-refractivity contribution in [2.24, 2.45) is 5.73 Å². The maximum Gasteiger partial charge on any atom is 0.276 e. The van der Waals surface area contributed by atoms with Crippen LogP contribution in [-0.4, -0.2) is 42.6 Å². The van der Waals surface area contributed by atoms with Crippen molar-refractivity contribution < 1.29 is 4.79 Å². The first kappa shape index (κ1) is 21.6. The van der Waals surface area contributed by atoms with Gasteiger partial charge in [0.1, 0.15) is 11.0 Å². The molecule has 5 rings (SSSR count). The number of hydrogen-bond donors (Lipinski definition) is 4. The minimum Gasteiger partial charge on any atom is -0.366 e. The molecule has 4 aromatic rings. The summed E-state index contributed by atoms with van der Waals surface area (Å²) in [6.45, 7) is 0. The highest BCUT2D eigenvalue weighted by Crippen LogP contribution is 2.27. The molecule has 4 heterocycles. The summed E-state index contributed by atoms with van der Waals surface area (Å²) >= 11 is 7.41. The molecule has 0 aliphatic heterocycles. The van der Waals surface area contributed by atoms with E-state index in [0.717, 1.165) is 30.8 Å². The summed E-state index contributed by atoms with van der Waals surface area (Å²) in [6, 6.07) is 5.65. The summed E-state index contributed by atoms with van der Waals surface area (Å²) in [5.74, 6) is 0.277. The van der Waals surface area contributed by atoms with Crippen LogP contribution in [0, 0.1) is 0 Å². The van der Waals surface area contributed by atoms with E-state index in [1.165, 1.54) is 28.2 Å². The summed E-state index contributed by atoms with van der Waals surface area (Å²) in [6.07, 6.45) is 8.62. The van der Waals surface area contributed by atoms with Gasteiger partial charge in [-0.2, -0.15) is 0 Å². The van der Waals surface area contributed by atoms with Crippen LogP contribution < -0.4 is 21.7 Å². The number of nitrogens with two attached hydrogens (primary N) is 1. The molecule has 0 bridgehead atoms. The Hall–Kier alpha value is -3.28. The first-order valence-electron chi connectivity index (χ1n) is 10.6. The number of carbonyl (C=O) groups is 1. The van der Waals surface area contributed by atoms with E-state index in [2.05, 4.69) is 36.0 Å². The normalized spacial score (nSPS) is 18.2. The van der Waals surface area contributed by atoms with Gasteiger partial charge in [0.25, 0.3) is 5.91 Å². The van der Waals surface area contributed by atoms with Gasteiger partial charge < -0.3 is 21.7 Å². The molecule has 170 valence electrons. The Morgan fingerprint density at radius 1 is 1.15 bits per heavy atom. The fourth-order valence-corrected chi connectivity index (χ4v) is 4.55. The van der Waals surface area contributed by atoms with Gasteiger partial charge in [0.15, 0.2) is 16.5 Å². The number of imidazole rings is 1. The Morgan fingerprint density at radius 2 is 2.00 bits per heavy atom. The zero-order chi connectivity index (χ0) is 22.8. The van der Waals surface area contributed by atoms with Crippen molar-refractivity contribution in [3.8, 4) is 0 Å². The van der Waals surface area contributed by atoms with Gasteiger partial charge in [0, 0.05) is 41.6 Å². The second-order valence-electron chi connectivity index (χ2n) is 7.86. The topological polar surface area (TPSA) is 135 Å². The number of fused-ring (bicyclic) bond motifs is 1. The fourth-order valence-electron chi connectivity index (χ4n) is 3.83. The molecule has 1 aliphatic carbocycles. The number of hydrogen-bond acceptors (Lipinski definition) is 9. The van der Waals surface area contributed by atoms with Crippen LogP contribution in [-0.2, 0) is 0 Å². The smallest absolute Gasteiger partial charge is 0.276 e. The maximum absolute atomic E-state index is 13.0. The van der Waals surface area contributed by atoms with Gasteiger partial charge in [-0.05, 0) is 37.8 Å². The van der Waals surface area contributed by atoms with E-state index in [1.54, 1.807) is 18.3 Å². The van der Waals surface area contributed by atoms with Crippen LogP contribution in [0.15, 0.2) is 42.2 Å². The van der Waals surface area contributed by atoms with Crippen LogP contribution in [0.5, 0.6) is 0 Å². The predicted octanol–water partition coefficient (Wildman–Crippen LogP) is 3.91. The zero-order valence-electron chi connectivity index (χ0n) is 17.5. The Labute approximate surface area is 198 Å². The van der Waals surface area contributed by atoms with Gasteiger partial charge in [0.05, 0.1) is 11.9 Å². The van der Waals surface area contributed by atoms with Crippen molar-refractivity contribution in [3.05, 3.63) is 53.0 Å². The lowest BCUT2D eigenvalue weighted by atomic mass is 9.92. The molecule has 33 heavy (non-hydrogen) atoms. The van der Waals surface area contributed by atoms with Gasteiger partial charge in [-0.3, -0.25) is 4.79 Å². The van der Waals surface area contributed by atoms with E-state index in [0.29, 0.717) is 22.8 Å². The molecule has 0 radical (unpaired) electrons. The van der Waals surface area contributed by atoms with Crippen molar-refractivity contribution in [3.63, 3.8) is 0 Å². The van der Waals surface area contributed by atoms with Crippen molar-refractivity contribution >= 4 is 56.8 Å². The number of rotatable bonds is 6. The molecular weight excluding hydrogens is 462 g/mol. The third-order valence-corrected chi connectivity index (χ3v) is 6.38. The third-order valence-electron chi connectivity index (χ3n) is 5.48. The molecule has 1 aliphatic rings. The highest BCUT2D eigenvalue weighted by atomic mass is 35.5. The molecule has 4 aromatic heterocycles. The molecular formula is C21H22ClN9OS. The zero-order valence-corrected chi connectivity index (χ0v) is 19.1. The SMILES string of the molecule is NC1CCC(Nc2cc(Nc3nccs3)c3ncc(C(=O)Nc4ccnc(Cl)c4)n3n2)CC1. The molecule has 1 saturated carbocycles. The van der Waals surface area contributed by atoms with Crippen LogP contribution in [0.1, 0.15) is 36.2 Å². The second-order valence-corrected chi connectivity index (χ2v) is 9.14. The summed E-state index contributed by atoms with van der Waals surface area (Å²) in [5, 5.41) is 17.2. The number of aromatic nitrogens is 5. The van der Waals surface area contributed by atoms with Crippen LogP contribution in [0.4, 0.5) is 22.3 Å². The fraction of sp³-hybridized carbons (Fsp3) is 0.286. The number of thiazole rings is 1. The van der Waals surface area contributed by atoms with E-state index in [1.807, 2.05) is 11.4 Å². The average molecular weight is 484 g/mol. The number of carbonyl (C=O) groups excluding carboxylic acids is 1. The van der Waals surface area contributed by atoms with E-state index >= 15 is 0 Å². The molecule has 10 nitrogen and oxygen atoms in total. The molecule has 5 N–H and O–H groups in total. The Bertz CT molecular complexity index is 1270. The minimum absolute atomic E-state index is 0.256. The lowest BCUT2D eigenvalue weighted by molar-refractivity contribution is 0.102. The number of pyridine rings is 1. The highest BCUT2D eigenvalue weighted by molar-refractivity contribution is 7.13. The van der Waals surface area contributed by atoms with E-state index in [4.69, 9.17) is 17.3 Å². The van der Waals surface area contributed by atoms with Crippen molar-refractivity contribution in [2.45, 2.75) is 37.8 Å². The minimum atomic E-state index is -0.363. The second kappa shape index (κ2) is 9.30. The summed E-state index contributed by atoms with van der Waals surface area (Å²) in [4.78, 5) is 25.7. The quantitative estimate of drug-likeness (QED) is 0.303. The predicted molar refractivity (Wildman–Crippen MR) is 129 cm³/mol. The van der Waals surface area contributed by atoms with E-state index in [9.17, 15) is 4.79 Å². The lowest BCUT2D eigenvalue weighted by Gasteiger charge is -2.27. The summed E-state index contributed by atoms with van der Waals surface area (Å²) in [5.41, 5.74) is 8.07. The van der Waals surface area contributed by atoms with Crippen molar-refractivity contribution in [1.29, 1.82) is 0 Å². The molecule has 12 heteroatoms. The number of amides is 1. The number of halogens is 1. The van der Waals surface area contributed by atoms with Gasteiger partial charge in [0.2, 0.25) is 0 Å². The van der Waals surface area contributed by atoms with Crippen molar-refractivity contribution in [2.75, 3.05) is 16.0 Å². The molecule has 0 spiro atoms. The monoisotopic (exact) mass is 483 g/mol. The number of nitrogens with one attached hydrogen (secondary N) is 3. The molecule has 1 amide bonds. The van der Waals surface area contributed by atoms with Crippen molar-refractivity contribution in [1.82, 2.24) is 24.6 Å². The van der Waals surface area contributed by atoms with Crippen LogP contribution in [0.25, 0.3) is 5.65 Å². The maximum atomic E-state index is 13.0. The van der Waals surface area contributed by atoms with E-state index < -0.39 is 0 Å². The first-order chi connectivity index (χ1) is 16.0. The van der Waals surface area contributed by atoms with Gasteiger partial charge in [-0.1, -0.05) is 11.6 Å². The third kappa shape index (κ3) is 4.90. The van der Waals surface area contributed by atoms with Gasteiger partial charge in [-0.25, -0.2) is 19.5 Å². The van der Waals surface area contributed by atoms with E-state index in [-0.39, 0.29) is 28.8 Å². The number of nitrogens with zero attached hydrogens (tertiary/aromatic N) is 5. The van der Waals surface area contributed by atoms with Gasteiger partial charge in [-0.15, -0.1) is 16.4 Å². The number of anilines is 4. The van der Waals surface area contributed by atoms with Crippen LogP contribution in [0.2, 0.25) is 5.15 Å². The highest BCUT2D eigenvalue weighted by Gasteiger charge is 2.21. The summed E-state index contributed by atoms with van der Waals surface area (Å²) in [7, 11) is 0. The standard InChI is InChI=1S/C21H22ClN9OS/c22-17-9-14(5-6-24-17)28-20(32)16-11-26-19-15(29-21-25-7-8-33-21)10-18(30-31(16)19)27-13-3-1-12(23)2-4-13/h5-13H,1-4,23H2,(H,25,29)(H,27,30)(H,24,28,32). The average Bonchev–Trinajstić information content (AvgIpc) is 3.45. The lowest BCUT2D eigenvalue weighted by Crippen LogP contribution is -2.33. The first-order valence-corrected chi connectivity index (χ1v) is 11.8. The van der Waals surface area contributed by atoms with Gasteiger partial charge >= 0.3 is 0 Å². The van der Waals surface area contributed by atoms with Crippen LogP contribution >= 0.6 is 22.9 Å². The molecule has 0 saturated heterocycles. The molecule has 0 atom stereocenters. The molecule has 0 unspecified atom stereocenters. The Morgan fingerprint density at radius 3 is 2.76 bits per heavy atom.